The summed E-state index contributed by atoms with van der Waals surface area (Å²) in [6, 6.07) is 8.37. The van der Waals surface area contributed by atoms with Crippen molar-refractivity contribution >= 4 is 31.9 Å². The van der Waals surface area contributed by atoms with E-state index in [1.165, 1.54) is 5.56 Å². The second-order valence-corrected chi connectivity index (χ2v) is 4.45. The fourth-order valence-corrected chi connectivity index (χ4v) is 1.64. The van der Waals surface area contributed by atoms with E-state index in [1.807, 2.05) is 6.07 Å². The number of rotatable bonds is 2. The molecule has 0 unspecified atom stereocenters. The van der Waals surface area contributed by atoms with Crippen LogP contribution in [0, 0.1) is 0 Å². The van der Waals surface area contributed by atoms with Crippen molar-refractivity contribution in [3.8, 4) is 0 Å². The highest BCUT2D eigenvalue weighted by atomic mass is 79.9. The summed E-state index contributed by atoms with van der Waals surface area (Å²) in [5.74, 6) is 0. The summed E-state index contributed by atoms with van der Waals surface area (Å²) in [5, 5.41) is 0. The summed E-state index contributed by atoms with van der Waals surface area (Å²) in [5.41, 5.74) is 1.34. The smallest absolute Gasteiger partial charge is 0.0393 e. The molecule has 1 rings (SSSR count). The van der Waals surface area contributed by atoms with Gasteiger partial charge in [0.25, 0.3) is 0 Å². The van der Waals surface area contributed by atoms with Gasteiger partial charge in [-0.3, -0.25) is 0 Å². The van der Waals surface area contributed by atoms with E-state index in [1.54, 1.807) is 0 Å². The molecule has 1 atom stereocenters. The molecule has 0 aliphatic carbocycles. The van der Waals surface area contributed by atoms with Crippen LogP contribution in [-0.2, 0) is 0 Å². The van der Waals surface area contributed by atoms with E-state index in [9.17, 15) is 0 Å². The van der Waals surface area contributed by atoms with Crippen LogP contribution in [0.3, 0.4) is 0 Å². The zero-order valence-corrected chi connectivity index (χ0v) is 9.52. The van der Waals surface area contributed by atoms with Gasteiger partial charge in [-0.1, -0.05) is 50.9 Å². The van der Waals surface area contributed by atoms with E-state index in [4.69, 9.17) is 0 Å². The average Bonchev–Trinajstić information content (AvgIpc) is 2.03. The van der Waals surface area contributed by atoms with Gasteiger partial charge in [0, 0.05) is 9.30 Å². The van der Waals surface area contributed by atoms with Gasteiger partial charge in [-0.25, -0.2) is 0 Å². The molecule has 0 aliphatic rings. The van der Waals surface area contributed by atoms with Gasteiger partial charge in [0.15, 0.2) is 0 Å². The van der Waals surface area contributed by atoms with Crippen molar-refractivity contribution in [3.05, 3.63) is 34.3 Å². The van der Waals surface area contributed by atoms with E-state index in [0.29, 0.717) is 4.83 Å². The number of halogens is 2. The Morgan fingerprint density at radius 2 is 2.18 bits per heavy atom. The minimum absolute atomic E-state index is 0.486. The quantitative estimate of drug-likeness (QED) is 0.708. The minimum Gasteiger partial charge on any atom is -0.0839 e. The van der Waals surface area contributed by atoms with Crippen molar-refractivity contribution < 1.29 is 0 Å². The Bertz CT molecular complexity index is 233. The standard InChI is InChI=1S/C9H10Br2/c1-2-9(11)7-4-3-5-8(10)6-7/h3-6,9H,2H2,1H3/t9-/m0/s1. The molecule has 0 aliphatic heterocycles. The molecule has 0 saturated heterocycles. The van der Waals surface area contributed by atoms with Crippen LogP contribution in [0.2, 0.25) is 0 Å². The van der Waals surface area contributed by atoms with E-state index in [2.05, 4.69) is 57.0 Å². The van der Waals surface area contributed by atoms with Gasteiger partial charge < -0.3 is 0 Å². The maximum Gasteiger partial charge on any atom is 0.0393 e. The van der Waals surface area contributed by atoms with Crippen LogP contribution < -0.4 is 0 Å². The number of hydrogen-bond donors (Lipinski definition) is 0. The molecule has 0 fully saturated rings. The van der Waals surface area contributed by atoms with Gasteiger partial charge in [-0.15, -0.1) is 0 Å². The lowest BCUT2D eigenvalue weighted by Gasteiger charge is -2.06. The maximum absolute atomic E-state index is 3.60. The predicted octanol–water partition coefficient (Wildman–Crippen LogP) is 4.30. The molecule has 2 heteroatoms. The Hall–Kier alpha value is 0.180. The Morgan fingerprint density at radius 1 is 1.45 bits per heavy atom. The van der Waals surface area contributed by atoms with Crippen LogP contribution >= 0.6 is 31.9 Å². The third-order valence-corrected chi connectivity index (χ3v) is 3.24. The van der Waals surface area contributed by atoms with E-state index in [-0.39, 0.29) is 0 Å². The predicted molar refractivity (Wildman–Crippen MR) is 56.1 cm³/mol. The second-order valence-electron chi connectivity index (χ2n) is 2.43. The van der Waals surface area contributed by atoms with Crippen molar-refractivity contribution in [2.24, 2.45) is 0 Å². The van der Waals surface area contributed by atoms with Crippen LogP contribution in [-0.4, -0.2) is 0 Å². The highest BCUT2D eigenvalue weighted by Gasteiger charge is 2.03. The van der Waals surface area contributed by atoms with Crippen LogP contribution in [0.1, 0.15) is 23.7 Å². The normalized spacial score (nSPS) is 13.0. The summed E-state index contributed by atoms with van der Waals surface area (Å²) in [6.07, 6.45) is 1.12. The van der Waals surface area contributed by atoms with Crippen LogP contribution in [0.4, 0.5) is 0 Å². The number of alkyl halides is 1. The zero-order chi connectivity index (χ0) is 8.27. The summed E-state index contributed by atoms with van der Waals surface area (Å²) >= 11 is 7.04. The van der Waals surface area contributed by atoms with Crippen molar-refractivity contribution in [1.82, 2.24) is 0 Å². The lowest BCUT2D eigenvalue weighted by Crippen LogP contribution is -1.85. The summed E-state index contributed by atoms with van der Waals surface area (Å²) in [7, 11) is 0. The molecule has 0 bridgehead atoms. The highest BCUT2D eigenvalue weighted by Crippen LogP contribution is 2.27. The van der Waals surface area contributed by atoms with Crippen LogP contribution in [0.5, 0.6) is 0 Å². The fourth-order valence-electron chi connectivity index (χ4n) is 0.937. The molecule has 0 aromatic heterocycles. The SMILES string of the molecule is CC[C@H](Br)c1cccc(Br)c1. The molecule has 0 amide bonds. The van der Waals surface area contributed by atoms with Crippen molar-refractivity contribution in [3.63, 3.8) is 0 Å². The first-order valence-corrected chi connectivity index (χ1v) is 5.34. The Balaban J connectivity index is 2.86. The fraction of sp³-hybridized carbons (Fsp3) is 0.333. The maximum atomic E-state index is 3.60. The molecule has 0 saturated carbocycles. The summed E-state index contributed by atoms with van der Waals surface area (Å²) < 4.78 is 1.15. The Morgan fingerprint density at radius 3 is 2.73 bits per heavy atom. The molecule has 0 heterocycles. The number of benzene rings is 1. The molecule has 1 aromatic rings. The summed E-state index contributed by atoms with van der Waals surface area (Å²) in [4.78, 5) is 0.486. The molecule has 0 radical (unpaired) electrons. The molecular formula is C9H10Br2. The Kier molecular flexibility index (Phi) is 3.60. The lowest BCUT2D eigenvalue weighted by atomic mass is 10.1. The topological polar surface area (TPSA) is 0 Å². The zero-order valence-electron chi connectivity index (χ0n) is 6.35. The molecule has 0 N–H and O–H groups in total. The second kappa shape index (κ2) is 4.27. The molecular weight excluding hydrogens is 268 g/mol. The minimum atomic E-state index is 0.486. The first-order valence-electron chi connectivity index (χ1n) is 3.63. The highest BCUT2D eigenvalue weighted by molar-refractivity contribution is 9.10. The van der Waals surface area contributed by atoms with Gasteiger partial charge in [-0.2, -0.15) is 0 Å². The van der Waals surface area contributed by atoms with Gasteiger partial charge in [0.2, 0.25) is 0 Å². The van der Waals surface area contributed by atoms with Gasteiger partial charge >= 0.3 is 0 Å². The number of hydrogen-bond acceptors (Lipinski definition) is 0. The largest absolute Gasteiger partial charge is 0.0839 e. The van der Waals surface area contributed by atoms with Crippen LogP contribution in [0.15, 0.2) is 28.7 Å². The lowest BCUT2D eigenvalue weighted by molar-refractivity contribution is 0.910. The van der Waals surface area contributed by atoms with E-state index in [0.717, 1.165) is 10.9 Å². The van der Waals surface area contributed by atoms with Crippen molar-refractivity contribution in [2.75, 3.05) is 0 Å². The molecule has 60 valence electrons. The monoisotopic (exact) mass is 276 g/mol. The third kappa shape index (κ3) is 2.60. The van der Waals surface area contributed by atoms with E-state index < -0.39 is 0 Å². The first-order chi connectivity index (χ1) is 5.24. The van der Waals surface area contributed by atoms with Gasteiger partial charge in [0.05, 0.1) is 0 Å². The molecule has 11 heavy (non-hydrogen) atoms. The van der Waals surface area contributed by atoms with Crippen molar-refractivity contribution in [2.45, 2.75) is 18.2 Å². The Labute approximate surface area is 84.3 Å². The molecule has 0 spiro atoms. The molecule has 1 aromatic carbocycles. The average molecular weight is 278 g/mol. The third-order valence-electron chi connectivity index (χ3n) is 1.57. The molecule has 0 nitrogen and oxygen atoms in total. The van der Waals surface area contributed by atoms with Crippen LogP contribution in [0.25, 0.3) is 0 Å². The van der Waals surface area contributed by atoms with Crippen molar-refractivity contribution in [1.29, 1.82) is 0 Å². The van der Waals surface area contributed by atoms with Gasteiger partial charge in [-0.05, 0) is 24.1 Å². The summed E-state index contributed by atoms with van der Waals surface area (Å²) in [6.45, 7) is 2.17. The van der Waals surface area contributed by atoms with E-state index >= 15 is 0 Å². The van der Waals surface area contributed by atoms with Gasteiger partial charge in [0.1, 0.15) is 0 Å². The first kappa shape index (κ1) is 9.27.